The molecule has 0 bridgehead atoms. The third-order valence-corrected chi connectivity index (χ3v) is 5.45. The van der Waals surface area contributed by atoms with E-state index in [-0.39, 0.29) is 12.5 Å². The van der Waals surface area contributed by atoms with E-state index < -0.39 is 6.10 Å². The minimum atomic E-state index is -0.708. The van der Waals surface area contributed by atoms with Crippen LogP contribution in [0.1, 0.15) is 11.4 Å². The molecule has 1 aliphatic rings. The van der Waals surface area contributed by atoms with E-state index in [4.69, 9.17) is 9.47 Å². The molecular formula is C21H21N3O3S. The Morgan fingerprint density at radius 1 is 1.39 bits per heavy atom. The zero-order valence-electron chi connectivity index (χ0n) is 15.8. The second-order valence-corrected chi connectivity index (χ2v) is 7.43. The third kappa shape index (κ3) is 3.41. The molecule has 3 heterocycles. The number of hydrogen-bond donors (Lipinski definition) is 1. The van der Waals surface area contributed by atoms with Gasteiger partial charge in [-0.25, -0.2) is 4.98 Å². The molecule has 6 nitrogen and oxygen atoms in total. The van der Waals surface area contributed by atoms with Gasteiger partial charge in [-0.15, -0.1) is 17.9 Å². The van der Waals surface area contributed by atoms with E-state index in [0.29, 0.717) is 16.6 Å². The predicted octanol–water partition coefficient (Wildman–Crippen LogP) is 4.19. The number of anilines is 1. The molecule has 0 saturated carbocycles. The first-order valence-corrected chi connectivity index (χ1v) is 9.87. The fourth-order valence-electron chi connectivity index (χ4n) is 3.26. The predicted molar refractivity (Wildman–Crippen MR) is 110 cm³/mol. The maximum atomic E-state index is 12.6. The lowest BCUT2D eigenvalue weighted by atomic mass is 10.2. The van der Waals surface area contributed by atoms with Crippen LogP contribution in [0.5, 0.6) is 11.5 Å². The minimum Gasteiger partial charge on any atom is -0.485 e. The zero-order chi connectivity index (χ0) is 19.7. The van der Waals surface area contributed by atoms with Crippen molar-refractivity contribution in [2.75, 3.05) is 11.9 Å². The Balaban J connectivity index is 1.48. The Morgan fingerprint density at radius 3 is 2.96 bits per heavy atom. The molecule has 1 amide bonds. The topological polar surface area (TPSA) is 65.4 Å². The summed E-state index contributed by atoms with van der Waals surface area (Å²) in [6.45, 7) is 8.86. The molecular weight excluding hydrogens is 374 g/mol. The number of thiazole rings is 1. The van der Waals surface area contributed by atoms with E-state index in [1.54, 1.807) is 6.07 Å². The van der Waals surface area contributed by atoms with Gasteiger partial charge in [0, 0.05) is 28.9 Å². The van der Waals surface area contributed by atoms with Crippen molar-refractivity contribution >= 4 is 22.4 Å². The number of hydrogen-bond acceptors (Lipinski definition) is 5. The van der Waals surface area contributed by atoms with Crippen molar-refractivity contribution in [1.29, 1.82) is 0 Å². The summed E-state index contributed by atoms with van der Waals surface area (Å²) in [5.41, 5.74) is 4.18. The quantitative estimate of drug-likeness (QED) is 0.658. The molecule has 1 aromatic carbocycles. The standard InChI is InChI=1S/C21H21N3O3S/c1-4-9-24-13(2)10-15(14(24)3)16-12-28-21(22-16)23-20(25)19-11-26-17-7-5-6-8-18(17)27-19/h4-8,10,12,19H,1,9,11H2,2-3H3,(H,22,23,25)/t19-/m0/s1. The summed E-state index contributed by atoms with van der Waals surface area (Å²) in [4.78, 5) is 17.2. The number of para-hydroxylation sites is 2. The van der Waals surface area contributed by atoms with E-state index in [1.807, 2.05) is 29.7 Å². The summed E-state index contributed by atoms with van der Waals surface area (Å²) in [6.07, 6.45) is 1.17. The molecule has 0 spiro atoms. The maximum absolute atomic E-state index is 12.6. The van der Waals surface area contributed by atoms with E-state index in [2.05, 4.69) is 41.4 Å². The van der Waals surface area contributed by atoms with Crippen LogP contribution in [0.25, 0.3) is 11.3 Å². The molecule has 2 aromatic heterocycles. The smallest absolute Gasteiger partial charge is 0.270 e. The van der Waals surface area contributed by atoms with E-state index >= 15 is 0 Å². The van der Waals surface area contributed by atoms with Crippen LogP contribution in [-0.2, 0) is 11.3 Å². The number of allylic oxidation sites excluding steroid dienone is 1. The number of aromatic nitrogens is 2. The monoisotopic (exact) mass is 395 g/mol. The van der Waals surface area contributed by atoms with Gasteiger partial charge < -0.3 is 14.0 Å². The number of ether oxygens (including phenoxy) is 2. The number of amides is 1. The highest BCUT2D eigenvalue weighted by molar-refractivity contribution is 7.14. The fraction of sp³-hybridized carbons (Fsp3) is 0.238. The van der Waals surface area contributed by atoms with Gasteiger partial charge in [0.15, 0.2) is 16.6 Å². The van der Waals surface area contributed by atoms with Crippen LogP contribution in [-0.4, -0.2) is 28.2 Å². The van der Waals surface area contributed by atoms with Crippen molar-refractivity contribution in [2.24, 2.45) is 0 Å². The van der Waals surface area contributed by atoms with Crippen LogP contribution in [0, 0.1) is 13.8 Å². The Hall–Kier alpha value is -3.06. The summed E-state index contributed by atoms with van der Waals surface area (Å²) in [7, 11) is 0. The Labute approximate surface area is 167 Å². The molecule has 0 saturated heterocycles. The Kier molecular flexibility index (Phi) is 4.92. The van der Waals surface area contributed by atoms with Gasteiger partial charge in [0.1, 0.15) is 6.61 Å². The van der Waals surface area contributed by atoms with Crippen LogP contribution in [0.15, 0.2) is 48.4 Å². The van der Waals surface area contributed by atoms with Gasteiger partial charge in [-0.2, -0.15) is 0 Å². The summed E-state index contributed by atoms with van der Waals surface area (Å²) in [5, 5.41) is 5.32. The minimum absolute atomic E-state index is 0.170. The van der Waals surface area contributed by atoms with E-state index in [0.717, 1.165) is 29.2 Å². The molecule has 1 atom stereocenters. The number of nitrogens with one attached hydrogen (secondary N) is 1. The second-order valence-electron chi connectivity index (χ2n) is 6.58. The summed E-state index contributed by atoms with van der Waals surface area (Å²) in [5.74, 6) is 0.953. The summed E-state index contributed by atoms with van der Waals surface area (Å²) in [6, 6.07) is 9.42. The molecule has 0 aliphatic carbocycles. The van der Waals surface area contributed by atoms with Crippen molar-refractivity contribution in [1.82, 2.24) is 9.55 Å². The molecule has 0 unspecified atom stereocenters. The maximum Gasteiger partial charge on any atom is 0.270 e. The highest BCUT2D eigenvalue weighted by Gasteiger charge is 2.28. The number of benzene rings is 1. The van der Waals surface area contributed by atoms with Crippen molar-refractivity contribution < 1.29 is 14.3 Å². The van der Waals surface area contributed by atoms with E-state index in [9.17, 15) is 4.79 Å². The summed E-state index contributed by atoms with van der Waals surface area (Å²) >= 11 is 1.39. The van der Waals surface area contributed by atoms with Crippen LogP contribution < -0.4 is 14.8 Å². The molecule has 3 aromatic rings. The highest BCUT2D eigenvalue weighted by atomic mass is 32.1. The molecule has 1 N–H and O–H groups in total. The third-order valence-electron chi connectivity index (χ3n) is 4.70. The lowest BCUT2D eigenvalue weighted by Gasteiger charge is -2.25. The van der Waals surface area contributed by atoms with Gasteiger partial charge in [-0.1, -0.05) is 18.2 Å². The highest BCUT2D eigenvalue weighted by Crippen LogP contribution is 2.32. The number of carbonyl (C=O) groups excluding carboxylic acids is 1. The normalized spacial score (nSPS) is 15.3. The van der Waals surface area contributed by atoms with Crippen LogP contribution in [0.2, 0.25) is 0 Å². The first-order valence-electron chi connectivity index (χ1n) is 8.99. The fourth-order valence-corrected chi connectivity index (χ4v) is 3.97. The number of aryl methyl sites for hydroxylation is 1. The van der Waals surface area contributed by atoms with Gasteiger partial charge >= 0.3 is 0 Å². The molecule has 0 radical (unpaired) electrons. The van der Waals surface area contributed by atoms with Crippen molar-refractivity contribution in [3.63, 3.8) is 0 Å². The van der Waals surface area contributed by atoms with Gasteiger partial charge in [-0.3, -0.25) is 10.1 Å². The second kappa shape index (κ2) is 7.52. The van der Waals surface area contributed by atoms with Gasteiger partial charge in [-0.05, 0) is 32.0 Å². The van der Waals surface area contributed by atoms with Crippen molar-refractivity contribution in [2.45, 2.75) is 26.5 Å². The van der Waals surface area contributed by atoms with Gasteiger partial charge in [0.25, 0.3) is 5.91 Å². The molecule has 7 heteroatoms. The molecule has 4 rings (SSSR count). The largest absolute Gasteiger partial charge is 0.485 e. The van der Waals surface area contributed by atoms with Crippen molar-refractivity contribution in [3.05, 3.63) is 59.8 Å². The SMILES string of the molecule is C=CCn1c(C)cc(-c2csc(NC(=O)[C@@H]3COc4ccccc4O3)n2)c1C. The number of nitrogens with zero attached hydrogens (tertiary/aromatic N) is 2. The number of rotatable bonds is 5. The number of fused-ring (bicyclic) bond motifs is 1. The molecule has 144 valence electrons. The number of carbonyl (C=O) groups is 1. The first kappa shape index (κ1) is 18.3. The van der Waals surface area contributed by atoms with Crippen LogP contribution in [0.4, 0.5) is 5.13 Å². The first-order chi connectivity index (χ1) is 13.6. The Bertz CT molecular complexity index is 1040. The molecule has 0 fully saturated rings. The lowest BCUT2D eigenvalue weighted by Crippen LogP contribution is -2.40. The van der Waals surface area contributed by atoms with Crippen molar-refractivity contribution in [3.8, 4) is 22.8 Å². The average molecular weight is 395 g/mol. The summed E-state index contributed by atoms with van der Waals surface area (Å²) < 4.78 is 13.5. The van der Waals surface area contributed by atoms with Gasteiger partial charge in [0.2, 0.25) is 6.10 Å². The molecule has 1 aliphatic heterocycles. The average Bonchev–Trinajstić information content (AvgIpc) is 3.27. The van der Waals surface area contributed by atoms with E-state index in [1.165, 1.54) is 11.3 Å². The van der Waals surface area contributed by atoms with Crippen LogP contribution >= 0.6 is 11.3 Å². The molecule has 28 heavy (non-hydrogen) atoms. The van der Waals surface area contributed by atoms with Gasteiger partial charge in [0.05, 0.1) is 5.69 Å². The zero-order valence-corrected chi connectivity index (χ0v) is 16.6. The van der Waals surface area contributed by atoms with Crippen LogP contribution in [0.3, 0.4) is 0 Å². The Morgan fingerprint density at radius 2 is 2.18 bits per heavy atom. The lowest BCUT2D eigenvalue weighted by molar-refractivity contribution is -0.125.